The largest absolute Gasteiger partial charge is 0.497 e. The number of hydrogen-bond acceptors (Lipinski definition) is 6. The molecule has 1 saturated heterocycles. The maximum Gasteiger partial charge on any atom is 0.274 e. The second-order valence-corrected chi connectivity index (χ2v) is 7.24. The lowest BCUT2D eigenvalue weighted by atomic mass is 10.2. The Kier molecular flexibility index (Phi) is 7.27. The number of carbonyl (C=O) groups excluding carboxylic acids is 1. The van der Waals surface area contributed by atoms with Gasteiger partial charge in [0, 0.05) is 45.0 Å². The maximum atomic E-state index is 12.8. The number of piperazine rings is 1. The van der Waals surface area contributed by atoms with E-state index in [9.17, 15) is 4.79 Å². The molecule has 1 aromatic carbocycles. The predicted molar refractivity (Wildman–Crippen MR) is 116 cm³/mol. The van der Waals surface area contributed by atoms with Crippen LogP contribution in [-0.4, -0.2) is 67.4 Å². The van der Waals surface area contributed by atoms with E-state index in [0.29, 0.717) is 18.8 Å². The molecule has 2 heterocycles. The number of hydrogen-bond donors (Lipinski definition) is 0. The van der Waals surface area contributed by atoms with Crippen LogP contribution in [0.3, 0.4) is 0 Å². The maximum absolute atomic E-state index is 12.8. The number of rotatable bonds is 8. The summed E-state index contributed by atoms with van der Waals surface area (Å²) >= 11 is 0. The summed E-state index contributed by atoms with van der Waals surface area (Å²) in [7, 11) is 1.67. The lowest BCUT2D eigenvalue weighted by Crippen LogP contribution is -2.49. The van der Waals surface area contributed by atoms with Gasteiger partial charge in [0.2, 0.25) is 0 Å². The molecule has 1 amide bonds. The van der Waals surface area contributed by atoms with Crippen molar-refractivity contribution in [3.05, 3.63) is 42.1 Å². The fraction of sp³-hybridized carbons (Fsp3) is 0.500. The predicted octanol–water partition coefficient (Wildman–Crippen LogP) is 3.07. The van der Waals surface area contributed by atoms with Crippen molar-refractivity contribution >= 4 is 17.4 Å². The number of nitrogens with zero attached hydrogens (tertiary/aromatic N) is 5. The minimum atomic E-state index is -0.0454. The number of ether oxygens (including phenoxy) is 1. The molecule has 1 aliphatic heterocycles. The van der Waals surface area contributed by atoms with Gasteiger partial charge in [0.1, 0.15) is 5.75 Å². The van der Waals surface area contributed by atoms with Gasteiger partial charge in [-0.15, -0.1) is 10.2 Å². The number of methoxy groups -OCH3 is 1. The third kappa shape index (κ3) is 5.16. The van der Waals surface area contributed by atoms with Crippen molar-refractivity contribution in [2.75, 3.05) is 56.2 Å². The minimum Gasteiger partial charge on any atom is -0.497 e. The first-order valence-corrected chi connectivity index (χ1v) is 10.4. The van der Waals surface area contributed by atoms with Crippen molar-refractivity contribution in [1.29, 1.82) is 0 Å². The zero-order valence-electron chi connectivity index (χ0n) is 17.7. The summed E-state index contributed by atoms with van der Waals surface area (Å²) in [5, 5.41) is 8.54. The van der Waals surface area contributed by atoms with Crippen molar-refractivity contribution in [2.45, 2.75) is 26.7 Å². The van der Waals surface area contributed by atoms with Crippen molar-refractivity contribution < 1.29 is 9.53 Å². The van der Waals surface area contributed by atoms with Crippen LogP contribution in [0.15, 0.2) is 36.4 Å². The van der Waals surface area contributed by atoms with Gasteiger partial charge >= 0.3 is 0 Å². The third-order valence-electron chi connectivity index (χ3n) is 5.19. The van der Waals surface area contributed by atoms with Gasteiger partial charge in [-0.05, 0) is 49.2 Å². The summed E-state index contributed by atoms with van der Waals surface area (Å²) in [6, 6.07) is 11.8. The molecule has 0 saturated carbocycles. The first-order chi connectivity index (χ1) is 14.2. The van der Waals surface area contributed by atoms with Crippen LogP contribution < -0.4 is 14.5 Å². The van der Waals surface area contributed by atoms with Gasteiger partial charge in [0.25, 0.3) is 5.91 Å². The standard InChI is InChI=1S/C22H31N5O2/c1-4-12-26(13-5-2)21-11-10-20(23-24-21)22(28)27-16-14-25(15-17-27)18-6-8-19(29-3)9-7-18/h6-11H,4-5,12-17H2,1-3H3. The van der Waals surface area contributed by atoms with Crippen molar-refractivity contribution in [3.63, 3.8) is 0 Å². The van der Waals surface area contributed by atoms with Crippen LogP contribution >= 0.6 is 0 Å². The second-order valence-electron chi connectivity index (χ2n) is 7.24. The van der Waals surface area contributed by atoms with Crippen LogP contribution in [0.2, 0.25) is 0 Å². The smallest absolute Gasteiger partial charge is 0.274 e. The number of benzene rings is 1. The molecular weight excluding hydrogens is 366 g/mol. The van der Waals surface area contributed by atoms with Gasteiger partial charge in [-0.25, -0.2) is 0 Å². The molecule has 156 valence electrons. The number of amides is 1. The Labute approximate surface area is 173 Å². The van der Waals surface area contributed by atoms with E-state index in [4.69, 9.17) is 4.74 Å². The van der Waals surface area contributed by atoms with Crippen LogP contribution in [0, 0.1) is 0 Å². The Bertz CT molecular complexity index is 765. The molecule has 3 rings (SSSR count). The van der Waals surface area contributed by atoms with Crippen LogP contribution in [0.5, 0.6) is 5.75 Å². The highest BCUT2D eigenvalue weighted by molar-refractivity contribution is 5.92. The highest BCUT2D eigenvalue weighted by Crippen LogP contribution is 2.21. The molecule has 2 aromatic rings. The molecule has 0 radical (unpaired) electrons. The summed E-state index contributed by atoms with van der Waals surface area (Å²) in [6.07, 6.45) is 2.11. The molecule has 1 aromatic heterocycles. The van der Waals surface area contributed by atoms with E-state index in [1.165, 1.54) is 0 Å². The Morgan fingerprint density at radius 1 is 0.966 bits per heavy atom. The van der Waals surface area contributed by atoms with Gasteiger partial charge in [0.15, 0.2) is 11.5 Å². The van der Waals surface area contributed by atoms with Gasteiger partial charge in [-0.2, -0.15) is 0 Å². The molecule has 0 bridgehead atoms. The highest BCUT2D eigenvalue weighted by Gasteiger charge is 2.23. The molecule has 0 aliphatic carbocycles. The normalized spacial score (nSPS) is 14.0. The minimum absolute atomic E-state index is 0.0454. The van der Waals surface area contributed by atoms with Crippen LogP contribution in [0.25, 0.3) is 0 Å². The summed E-state index contributed by atoms with van der Waals surface area (Å²) in [4.78, 5) is 19.2. The Morgan fingerprint density at radius 3 is 2.14 bits per heavy atom. The fourth-order valence-corrected chi connectivity index (χ4v) is 3.61. The van der Waals surface area contributed by atoms with E-state index in [1.807, 2.05) is 23.1 Å². The molecule has 7 heteroatoms. The SMILES string of the molecule is CCCN(CCC)c1ccc(C(=O)N2CCN(c3ccc(OC)cc3)CC2)nn1. The quantitative estimate of drug-likeness (QED) is 0.682. The molecular formula is C22H31N5O2. The van der Waals surface area contributed by atoms with E-state index in [-0.39, 0.29) is 5.91 Å². The second kappa shape index (κ2) is 10.1. The van der Waals surface area contributed by atoms with Crippen LogP contribution in [0.4, 0.5) is 11.5 Å². The average molecular weight is 398 g/mol. The van der Waals surface area contributed by atoms with E-state index < -0.39 is 0 Å². The molecule has 7 nitrogen and oxygen atoms in total. The van der Waals surface area contributed by atoms with Crippen LogP contribution in [-0.2, 0) is 0 Å². The van der Waals surface area contributed by atoms with Gasteiger partial charge < -0.3 is 19.4 Å². The van der Waals surface area contributed by atoms with E-state index in [1.54, 1.807) is 13.2 Å². The third-order valence-corrected chi connectivity index (χ3v) is 5.19. The van der Waals surface area contributed by atoms with E-state index in [2.05, 4.69) is 46.0 Å². The summed E-state index contributed by atoms with van der Waals surface area (Å²) in [5.74, 6) is 1.64. The monoisotopic (exact) mass is 397 g/mol. The Balaban J connectivity index is 1.58. The summed E-state index contributed by atoms with van der Waals surface area (Å²) < 4.78 is 5.22. The topological polar surface area (TPSA) is 61.8 Å². The molecule has 1 aliphatic rings. The Morgan fingerprint density at radius 2 is 1.62 bits per heavy atom. The fourth-order valence-electron chi connectivity index (χ4n) is 3.61. The molecule has 0 N–H and O–H groups in total. The molecule has 1 fully saturated rings. The van der Waals surface area contributed by atoms with Gasteiger partial charge in [-0.3, -0.25) is 4.79 Å². The summed E-state index contributed by atoms with van der Waals surface area (Å²) in [5.41, 5.74) is 1.56. The number of carbonyl (C=O) groups is 1. The van der Waals surface area contributed by atoms with E-state index in [0.717, 1.165) is 56.3 Å². The molecule has 0 atom stereocenters. The lowest BCUT2D eigenvalue weighted by Gasteiger charge is -2.36. The zero-order valence-corrected chi connectivity index (χ0v) is 17.7. The van der Waals surface area contributed by atoms with Crippen LogP contribution in [0.1, 0.15) is 37.2 Å². The van der Waals surface area contributed by atoms with Gasteiger partial charge in [0.05, 0.1) is 7.11 Å². The van der Waals surface area contributed by atoms with Crippen molar-refractivity contribution in [2.24, 2.45) is 0 Å². The van der Waals surface area contributed by atoms with Crippen molar-refractivity contribution in [3.8, 4) is 5.75 Å². The lowest BCUT2D eigenvalue weighted by molar-refractivity contribution is 0.0739. The zero-order chi connectivity index (χ0) is 20.6. The highest BCUT2D eigenvalue weighted by atomic mass is 16.5. The van der Waals surface area contributed by atoms with E-state index >= 15 is 0 Å². The first-order valence-electron chi connectivity index (χ1n) is 10.4. The molecule has 29 heavy (non-hydrogen) atoms. The molecule has 0 spiro atoms. The molecule has 0 unspecified atom stereocenters. The first kappa shape index (κ1) is 20.9. The number of aromatic nitrogens is 2. The number of anilines is 2. The van der Waals surface area contributed by atoms with Gasteiger partial charge in [-0.1, -0.05) is 13.8 Å². The summed E-state index contributed by atoms with van der Waals surface area (Å²) in [6.45, 7) is 9.14. The van der Waals surface area contributed by atoms with Crippen molar-refractivity contribution in [1.82, 2.24) is 15.1 Å². The Hall–Kier alpha value is -2.83. The average Bonchev–Trinajstić information content (AvgIpc) is 2.79.